The monoisotopic (exact) mass is 516 g/mol. The number of nitrogens with one attached hydrogen (secondary N) is 1. The van der Waals surface area contributed by atoms with Gasteiger partial charge < -0.3 is 15.3 Å². The van der Waals surface area contributed by atoms with E-state index in [9.17, 15) is 13.2 Å². The van der Waals surface area contributed by atoms with Gasteiger partial charge in [-0.15, -0.1) is 0 Å². The van der Waals surface area contributed by atoms with E-state index in [1.54, 1.807) is 30.6 Å². The molecule has 0 spiro atoms. The average Bonchev–Trinajstić information content (AvgIpc) is 3.45. The number of ketones is 1. The van der Waals surface area contributed by atoms with Gasteiger partial charge in [-0.3, -0.25) is 9.10 Å². The molecule has 0 fully saturated rings. The molecule has 0 bridgehead atoms. The molecule has 0 saturated carbocycles. The van der Waals surface area contributed by atoms with Gasteiger partial charge in [0.2, 0.25) is 0 Å². The van der Waals surface area contributed by atoms with Crippen LogP contribution in [0.4, 0.5) is 11.4 Å². The highest BCUT2D eigenvalue weighted by atomic mass is 32.2. The Bertz CT molecular complexity index is 1780. The summed E-state index contributed by atoms with van der Waals surface area (Å²) in [5.74, 6) is -0.0434. The summed E-state index contributed by atoms with van der Waals surface area (Å²) in [6.07, 6.45) is 5.14. The van der Waals surface area contributed by atoms with E-state index in [2.05, 4.69) is 9.97 Å². The van der Waals surface area contributed by atoms with Crippen molar-refractivity contribution in [3.8, 4) is 11.3 Å². The lowest BCUT2D eigenvalue weighted by Crippen LogP contribution is -2.26. The lowest BCUT2D eigenvalue weighted by atomic mass is 9.87. The lowest BCUT2D eigenvalue weighted by Gasteiger charge is -2.22. The van der Waals surface area contributed by atoms with Crippen LogP contribution in [0.25, 0.3) is 33.3 Å². The molecule has 0 amide bonds. The van der Waals surface area contributed by atoms with Crippen molar-refractivity contribution in [2.45, 2.75) is 25.7 Å². The largest absolute Gasteiger partial charge is 0.399 e. The van der Waals surface area contributed by atoms with Gasteiger partial charge in [-0.25, -0.2) is 18.4 Å². The minimum atomic E-state index is -3.87. The molecule has 0 radical (unpaired) electrons. The van der Waals surface area contributed by atoms with Gasteiger partial charge in [0.15, 0.2) is 11.4 Å². The highest BCUT2D eigenvalue weighted by molar-refractivity contribution is 7.92. The van der Waals surface area contributed by atoms with Gasteiger partial charge >= 0.3 is 0 Å². The van der Waals surface area contributed by atoms with E-state index in [1.165, 1.54) is 23.5 Å². The van der Waals surface area contributed by atoms with Crippen molar-refractivity contribution in [2.75, 3.05) is 17.1 Å². The number of fused-ring (bicyclic) bond motifs is 2. The zero-order chi connectivity index (χ0) is 26.7. The van der Waals surface area contributed by atoms with Crippen LogP contribution in [0, 0.1) is 5.41 Å². The summed E-state index contributed by atoms with van der Waals surface area (Å²) < 4.78 is 30.2. The standard InChI is InChI=1S/C27H28N6O3S/c1-27(2,3)25(34)20-14-29-26-24(20)31-21(15-30-26)16-12-22-19(10-11-32(22)4)23(13-16)33(5)37(35,36)18-8-6-17(28)7-9-18/h6-15H,28H2,1-5H3,(H,29,30). The average molecular weight is 517 g/mol. The number of nitrogens with two attached hydrogens (primary N) is 1. The summed E-state index contributed by atoms with van der Waals surface area (Å²) in [5.41, 5.74) is 9.64. The number of H-pyrrole nitrogens is 1. The second-order valence-corrected chi connectivity index (χ2v) is 12.1. The van der Waals surface area contributed by atoms with Crippen molar-refractivity contribution in [3.05, 3.63) is 66.6 Å². The minimum absolute atomic E-state index is 0.0434. The molecular weight excluding hydrogens is 488 g/mol. The summed E-state index contributed by atoms with van der Waals surface area (Å²) >= 11 is 0. The fourth-order valence-corrected chi connectivity index (χ4v) is 5.50. The number of hydrogen-bond donors (Lipinski definition) is 2. The normalized spacial score (nSPS) is 12.4. The van der Waals surface area contributed by atoms with Crippen molar-refractivity contribution >= 4 is 49.2 Å². The lowest BCUT2D eigenvalue weighted by molar-refractivity contribution is 0.0860. The molecule has 3 N–H and O–H groups in total. The molecule has 37 heavy (non-hydrogen) atoms. The third-order valence-electron chi connectivity index (χ3n) is 6.46. The number of aromatic nitrogens is 4. The summed E-state index contributed by atoms with van der Waals surface area (Å²) in [6.45, 7) is 5.58. The highest BCUT2D eigenvalue weighted by Crippen LogP contribution is 2.36. The molecule has 190 valence electrons. The van der Waals surface area contributed by atoms with Gasteiger partial charge in [-0.2, -0.15) is 0 Å². The summed E-state index contributed by atoms with van der Waals surface area (Å²) in [4.78, 5) is 25.5. The summed E-state index contributed by atoms with van der Waals surface area (Å²) in [5, 5.41) is 0.770. The molecule has 0 aliphatic carbocycles. The number of carbonyl (C=O) groups is 1. The van der Waals surface area contributed by atoms with Gasteiger partial charge in [-0.05, 0) is 42.5 Å². The fraction of sp³-hybridized carbons (Fsp3) is 0.222. The number of sulfonamides is 1. The van der Waals surface area contributed by atoms with Crippen LogP contribution >= 0.6 is 0 Å². The SMILES string of the molecule is CN(c1cc(-c2cnc3[nH]cc(C(=O)C(C)(C)C)c3n2)cc2c1ccn2C)S(=O)(=O)c1ccc(N)cc1. The Kier molecular flexibility index (Phi) is 5.60. The maximum atomic E-state index is 13.5. The molecule has 5 aromatic rings. The van der Waals surface area contributed by atoms with E-state index in [1.807, 2.05) is 50.7 Å². The van der Waals surface area contributed by atoms with Crippen LogP contribution < -0.4 is 10.0 Å². The van der Waals surface area contributed by atoms with Crippen LogP contribution in [-0.4, -0.2) is 40.8 Å². The van der Waals surface area contributed by atoms with Crippen molar-refractivity contribution in [3.63, 3.8) is 0 Å². The molecule has 0 unspecified atom stereocenters. The third-order valence-corrected chi connectivity index (χ3v) is 8.25. The van der Waals surface area contributed by atoms with Gasteiger partial charge in [0, 0.05) is 48.5 Å². The number of benzene rings is 2. The smallest absolute Gasteiger partial charge is 0.264 e. The predicted molar refractivity (Wildman–Crippen MR) is 146 cm³/mol. The topological polar surface area (TPSA) is 127 Å². The number of rotatable bonds is 5. The Balaban J connectivity index is 1.68. The first kappa shape index (κ1) is 24.5. The fourth-order valence-electron chi connectivity index (χ4n) is 4.30. The van der Waals surface area contributed by atoms with E-state index in [-0.39, 0.29) is 10.7 Å². The van der Waals surface area contributed by atoms with Gasteiger partial charge in [0.05, 0.1) is 33.6 Å². The van der Waals surface area contributed by atoms with Crippen LogP contribution in [0.3, 0.4) is 0 Å². The molecule has 10 heteroatoms. The number of Topliss-reactive ketones (excluding diaryl/α,β-unsaturated/α-hetero) is 1. The number of nitrogen functional groups attached to an aromatic ring is 1. The summed E-state index contributed by atoms with van der Waals surface area (Å²) in [7, 11) is -0.447. The minimum Gasteiger partial charge on any atom is -0.399 e. The second-order valence-electron chi connectivity index (χ2n) is 10.1. The Morgan fingerprint density at radius 3 is 2.49 bits per heavy atom. The Hall–Kier alpha value is -4.18. The first-order valence-corrected chi connectivity index (χ1v) is 13.1. The number of carbonyl (C=O) groups excluding carboxylic acids is 1. The number of anilines is 2. The second kappa shape index (κ2) is 8.45. The molecule has 0 saturated heterocycles. The van der Waals surface area contributed by atoms with Crippen molar-refractivity contribution < 1.29 is 13.2 Å². The zero-order valence-electron chi connectivity index (χ0n) is 21.3. The van der Waals surface area contributed by atoms with Crippen molar-refractivity contribution in [2.24, 2.45) is 12.5 Å². The van der Waals surface area contributed by atoms with Crippen LogP contribution in [0.2, 0.25) is 0 Å². The summed E-state index contributed by atoms with van der Waals surface area (Å²) in [6, 6.07) is 11.7. The molecule has 5 rings (SSSR count). The Morgan fingerprint density at radius 2 is 1.81 bits per heavy atom. The molecular formula is C27H28N6O3S. The van der Waals surface area contributed by atoms with Crippen LogP contribution in [0.5, 0.6) is 0 Å². The number of aromatic amines is 1. The van der Waals surface area contributed by atoms with Gasteiger partial charge in [0.25, 0.3) is 10.0 Å². The van der Waals surface area contributed by atoms with Gasteiger partial charge in [-0.1, -0.05) is 20.8 Å². The maximum absolute atomic E-state index is 13.5. The van der Waals surface area contributed by atoms with Crippen molar-refractivity contribution in [1.29, 1.82) is 0 Å². The molecule has 3 aromatic heterocycles. The third kappa shape index (κ3) is 4.13. The van der Waals surface area contributed by atoms with Crippen LogP contribution in [0.15, 0.2) is 66.0 Å². The van der Waals surface area contributed by atoms with E-state index in [0.29, 0.717) is 39.4 Å². The van der Waals surface area contributed by atoms with E-state index in [4.69, 9.17) is 10.7 Å². The molecule has 3 heterocycles. The first-order chi connectivity index (χ1) is 17.4. The van der Waals surface area contributed by atoms with E-state index in [0.717, 1.165) is 10.9 Å². The quantitative estimate of drug-likeness (QED) is 0.256. The predicted octanol–water partition coefficient (Wildman–Crippen LogP) is 4.75. The zero-order valence-corrected chi connectivity index (χ0v) is 22.1. The number of hydrogen-bond acceptors (Lipinski definition) is 6. The van der Waals surface area contributed by atoms with Crippen LogP contribution in [0.1, 0.15) is 31.1 Å². The maximum Gasteiger partial charge on any atom is 0.264 e. The highest BCUT2D eigenvalue weighted by Gasteiger charge is 2.27. The first-order valence-electron chi connectivity index (χ1n) is 11.7. The number of nitrogens with zero attached hydrogens (tertiary/aromatic N) is 4. The molecule has 9 nitrogen and oxygen atoms in total. The number of aryl methyl sites for hydroxylation is 1. The molecule has 0 aliphatic rings. The van der Waals surface area contributed by atoms with Crippen molar-refractivity contribution in [1.82, 2.24) is 19.5 Å². The van der Waals surface area contributed by atoms with Crippen LogP contribution in [-0.2, 0) is 17.1 Å². The molecule has 0 atom stereocenters. The molecule has 0 aliphatic heterocycles. The Morgan fingerprint density at radius 1 is 1.11 bits per heavy atom. The van der Waals surface area contributed by atoms with Gasteiger partial charge in [0.1, 0.15) is 5.52 Å². The Labute approximate surface area is 215 Å². The molecule has 2 aromatic carbocycles. The van der Waals surface area contributed by atoms with E-state index >= 15 is 0 Å². The van der Waals surface area contributed by atoms with E-state index < -0.39 is 15.4 Å².